The summed E-state index contributed by atoms with van der Waals surface area (Å²) in [6, 6.07) is 6.19. The molecule has 0 radical (unpaired) electrons. The summed E-state index contributed by atoms with van der Waals surface area (Å²) in [5.74, 6) is -0.813. The molecule has 4 heteroatoms. The maximum absolute atomic E-state index is 11.2. The Morgan fingerprint density at radius 2 is 2.06 bits per heavy atom. The van der Waals surface area contributed by atoms with Crippen molar-refractivity contribution in [1.29, 1.82) is 0 Å². The second-order valence-corrected chi connectivity index (χ2v) is 5.84. The summed E-state index contributed by atoms with van der Waals surface area (Å²) in [4.78, 5) is 11.7. The molecule has 0 unspecified atom stereocenters. The van der Waals surface area contributed by atoms with Crippen molar-refractivity contribution >= 4 is 48.8 Å². The number of rotatable bonds is 2. The van der Waals surface area contributed by atoms with E-state index in [0.717, 1.165) is 22.1 Å². The molecule has 3 aromatic rings. The Balaban J connectivity index is 2.52. The number of hydrogen-bond acceptors (Lipinski definition) is 3. The summed E-state index contributed by atoms with van der Waals surface area (Å²) >= 11 is 3.08. The molecule has 0 spiro atoms. The fourth-order valence-electron chi connectivity index (χ4n) is 2.22. The Bertz CT molecular complexity index is 722. The molecular weight excluding hydrogens is 252 g/mol. The Kier molecular flexibility index (Phi) is 2.42. The lowest BCUT2D eigenvalue weighted by Crippen LogP contribution is -1.96. The van der Waals surface area contributed by atoms with E-state index in [2.05, 4.69) is 17.5 Å². The van der Waals surface area contributed by atoms with Gasteiger partial charge >= 0.3 is 5.97 Å². The molecule has 2 nitrogen and oxygen atoms in total. The Morgan fingerprint density at radius 3 is 2.76 bits per heavy atom. The summed E-state index contributed by atoms with van der Waals surface area (Å²) in [5, 5.41) is 13.6. The lowest BCUT2D eigenvalue weighted by molar-refractivity contribution is 0.0701. The van der Waals surface area contributed by atoms with Crippen LogP contribution in [-0.4, -0.2) is 11.1 Å². The van der Waals surface area contributed by atoms with Gasteiger partial charge in [-0.1, -0.05) is 6.92 Å². The molecule has 1 aromatic carbocycles. The molecule has 0 saturated heterocycles. The van der Waals surface area contributed by atoms with Crippen molar-refractivity contribution in [3.05, 3.63) is 34.0 Å². The number of fused-ring (bicyclic) bond motifs is 3. The van der Waals surface area contributed by atoms with Crippen molar-refractivity contribution < 1.29 is 9.90 Å². The minimum atomic E-state index is -0.813. The largest absolute Gasteiger partial charge is 0.477 e. The van der Waals surface area contributed by atoms with E-state index in [1.807, 2.05) is 13.0 Å². The molecule has 1 N–H and O–H groups in total. The van der Waals surface area contributed by atoms with Crippen molar-refractivity contribution in [2.45, 2.75) is 13.3 Å². The zero-order valence-corrected chi connectivity index (χ0v) is 10.8. The molecule has 0 amide bonds. The average molecular weight is 262 g/mol. The van der Waals surface area contributed by atoms with Crippen molar-refractivity contribution in [2.75, 3.05) is 0 Å². The van der Waals surface area contributed by atoms with Crippen LogP contribution >= 0.6 is 22.7 Å². The van der Waals surface area contributed by atoms with Gasteiger partial charge in [0.1, 0.15) is 4.88 Å². The highest BCUT2D eigenvalue weighted by atomic mass is 32.1. The van der Waals surface area contributed by atoms with Crippen LogP contribution in [0.5, 0.6) is 0 Å². The lowest BCUT2D eigenvalue weighted by Gasteiger charge is -1.98. The summed E-state index contributed by atoms with van der Waals surface area (Å²) in [5.41, 5.74) is 0.974. The van der Waals surface area contributed by atoms with E-state index in [-0.39, 0.29) is 0 Å². The van der Waals surface area contributed by atoms with E-state index in [0.29, 0.717) is 4.88 Å². The highest BCUT2D eigenvalue weighted by Crippen LogP contribution is 2.38. The Hall–Kier alpha value is -1.39. The smallest absolute Gasteiger partial charge is 0.346 e. The minimum absolute atomic E-state index is 0.487. The maximum Gasteiger partial charge on any atom is 0.346 e. The third-order valence-electron chi connectivity index (χ3n) is 2.93. The monoisotopic (exact) mass is 262 g/mol. The van der Waals surface area contributed by atoms with Gasteiger partial charge in [-0.05, 0) is 35.6 Å². The predicted molar refractivity (Wildman–Crippen MR) is 73.5 cm³/mol. The topological polar surface area (TPSA) is 37.3 Å². The van der Waals surface area contributed by atoms with Crippen LogP contribution in [0.4, 0.5) is 0 Å². The Labute approximate surface area is 106 Å². The van der Waals surface area contributed by atoms with Gasteiger partial charge in [0.2, 0.25) is 0 Å². The van der Waals surface area contributed by atoms with Gasteiger partial charge in [0.15, 0.2) is 0 Å². The molecule has 0 bridgehead atoms. The van der Waals surface area contributed by atoms with Gasteiger partial charge in [0, 0.05) is 20.2 Å². The van der Waals surface area contributed by atoms with Crippen molar-refractivity contribution in [3.8, 4) is 0 Å². The average Bonchev–Trinajstić information content (AvgIpc) is 2.91. The molecule has 86 valence electrons. The molecule has 3 rings (SSSR count). The maximum atomic E-state index is 11.2. The zero-order chi connectivity index (χ0) is 12.0. The molecule has 17 heavy (non-hydrogen) atoms. The summed E-state index contributed by atoms with van der Waals surface area (Å²) in [7, 11) is 0. The third kappa shape index (κ3) is 1.48. The number of benzene rings is 1. The number of aryl methyl sites for hydroxylation is 1. The quantitative estimate of drug-likeness (QED) is 0.744. The number of carbonyl (C=O) groups is 1. The number of aromatic carboxylic acids is 1. The second-order valence-electron chi connectivity index (χ2n) is 3.84. The highest BCUT2D eigenvalue weighted by Gasteiger charge is 2.18. The fourth-order valence-corrected chi connectivity index (χ4v) is 4.16. The van der Waals surface area contributed by atoms with E-state index in [4.69, 9.17) is 0 Å². The van der Waals surface area contributed by atoms with Gasteiger partial charge in [0.05, 0.1) is 0 Å². The van der Waals surface area contributed by atoms with E-state index in [1.54, 1.807) is 11.3 Å². The lowest BCUT2D eigenvalue weighted by atomic mass is 10.1. The van der Waals surface area contributed by atoms with Crippen LogP contribution in [0, 0.1) is 0 Å². The number of hydrogen-bond donors (Lipinski definition) is 1. The van der Waals surface area contributed by atoms with Crippen LogP contribution in [0.15, 0.2) is 23.6 Å². The first-order valence-electron chi connectivity index (χ1n) is 5.37. The first-order chi connectivity index (χ1) is 8.22. The highest BCUT2D eigenvalue weighted by molar-refractivity contribution is 7.21. The number of carboxylic acid groups (broad SMARTS) is 1. The second kappa shape index (κ2) is 3.82. The van der Waals surface area contributed by atoms with Crippen LogP contribution in [0.3, 0.4) is 0 Å². The zero-order valence-electron chi connectivity index (χ0n) is 9.19. The molecule has 0 fully saturated rings. The van der Waals surface area contributed by atoms with Gasteiger partial charge < -0.3 is 5.11 Å². The van der Waals surface area contributed by atoms with Crippen LogP contribution in [0.25, 0.3) is 20.2 Å². The van der Waals surface area contributed by atoms with Crippen molar-refractivity contribution in [2.24, 2.45) is 0 Å². The summed E-state index contributed by atoms with van der Waals surface area (Å²) in [6.45, 7) is 2.01. The normalized spacial score (nSPS) is 11.4. The summed E-state index contributed by atoms with van der Waals surface area (Å²) in [6.07, 6.45) is 0.761. The van der Waals surface area contributed by atoms with Crippen LogP contribution in [-0.2, 0) is 6.42 Å². The predicted octanol–water partition coefficient (Wildman–Crippen LogP) is 4.38. The van der Waals surface area contributed by atoms with Crippen LogP contribution < -0.4 is 0 Å². The number of carboxylic acids is 1. The molecular formula is C13H10O2S2. The minimum Gasteiger partial charge on any atom is -0.477 e. The van der Waals surface area contributed by atoms with E-state index >= 15 is 0 Å². The van der Waals surface area contributed by atoms with Gasteiger partial charge in [0.25, 0.3) is 0 Å². The SMILES string of the molecule is CCc1c(C(=O)O)sc2ccc3sccc3c12. The van der Waals surface area contributed by atoms with Gasteiger partial charge in [-0.2, -0.15) is 0 Å². The van der Waals surface area contributed by atoms with Crippen molar-refractivity contribution in [3.63, 3.8) is 0 Å². The fraction of sp³-hybridized carbons (Fsp3) is 0.154. The number of thiophene rings is 2. The molecule has 0 aliphatic rings. The molecule has 2 heterocycles. The van der Waals surface area contributed by atoms with Crippen LogP contribution in [0.1, 0.15) is 22.2 Å². The van der Waals surface area contributed by atoms with E-state index in [1.165, 1.54) is 21.4 Å². The molecule has 0 aliphatic carbocycles. The van der Waals surface area contributed by atoms with Gasteiger partial charge in [-0.3, -0.25) is 0 Å². The molecule has 2 aromatic heterocycles. The molecule has 0 saturated carbocycles. The standard InChI is InChI=1S/C13H10O2S2/c1-2-7-11-8-5-6-16-9(8)3-4-10(11)17-12(7)13(14)15/h3-6H,2H2,1H3,(H,14,15). The first-order valence-corrected chi connectivity index (χ1v) is 7.07. The first kappa shape index (κ1) is 10.7. The summed E-state index contributed by atoms with van der Waals surface area (Å²) < 4.78 is 2.30. The van der Waals surface area contributed by atoms with Gasteiger partial charge in [-0.15, -0.1) is 22.7 Å². The van der Waals surface area contributed by atoms with Crippen LogP contribution in [0.2, 0.25) is 0 Å². The van der Waals surface area contributed by atoms with Crippen molar-refractivity contribution in [1.82, 2.24) is 0 Å². The molecule has 0 aliphatic heterocycles. The van der Waals surface area contributed by atoms with Gasteiger partial charge in [-0.25, -0.2) is 4.79 Å². The Morgan fingerprint density at radius 1 is 1.29 bits per heavy atom. The van der Waals surface area contributed by atoms with E-state index in [9.17, 15) is 9.90 Å². The van der Waals surface area contributed by atoms with E-state index < -0.39 is 5.97 Å². The third-order valence-corrected chi connectivity index (χ3v) is 5.00. The molecule has 0 atom stereocenters.